The van der Waals surface area contributed by atoms with Gasteiger partial charge >= 0.3 is 6.18 Å². The third-order valence-electron chi connectivity index (χ3n) is 3.81. The summed E-state index contributed by atoms with van der Waals surface area (Å²) in [6.45, 7) is 0.670. The zero-order chi connectivity index (χ0) is 16.5. The zero-order valence-electron chi connectivity index (χ0n) is 12.6. The van der Waals surface area contributed by atoms with E-state index in [2.05, 4.69) is 9.97 Å². The van der Waals surface area contributed by atoms with Gasteiger partial charge < -0.3 is 20.6 Å². The number of aromatic nitrogens is 2. The van der Waals surface area contributed by atoms with Crippen LogP contribution < -0.4 is 15.5 Å². The zero-order valence-corrected chi connectivity index (χ0v) is 12.6. The SMILES string of the molecule is CN(C)c1cc(C(F)(F)F)nc(N2CCC(N)(CO)CC2)n1. The summed E-state index contributed by atoms with van der Waals surface area (Å²) in [7, 11) is 3.25. The van der Waals surface area contributed by atoms with Crippen LogP contribution in [0.5, 0.6) is 0 Å². The highest BCUT2D eigenvalue weighted by Gasteiger charge is 2.36. The van der Waals surface area contributed by atoms with E-state index in [1.165, 1.54) is 4.90 Å². The first kappa shape index (κ1) is 16.8. The second kappa shape index (κ2) is 5.88. The summed E-state index contributed by atoms with van der Waals surface area (Å²) in [6, 6.07) is 0.925. The number of alkyl halides is 3. The van der Waals surface area contributed by atoms with E-state index in [0.29, 0.717) is 25.9 Å². The molecule has 1 fully saturated rings. The average molecular weight is 319 g/mol. The summed E-state index contributed by atoms with van der Waals surface area (Å²) >= 11 is 0. The molecular weight excluding hydrogens is 299 g/mol. The molecule has 0 unspecified atom stereocenters. The molecule has 1 aromatic heterocycles. The summed E-state index contributed by atoms with van der Waals surface area (Å²) in [6.07, 6.45) is -3.58. The molecule has 6 nitrogen and oxygen atoms in total. The number of halogens is 3. The molecule has 1 aliphatic heterocycles. The van der Waals surface area contributed by atoms with Gasteiger partial charge in [0.15, 0.2) is 5.69 Å². The Hall–Kier alpha value is -1.61. The Balaban J connectivity index is 2.29. The first-order chi connectivity index (χ1) is 10.1. The number of nitrogens with two attached hydrogens (primary N) is 1. The molecule has 22 heavy (non-hydrogen) atoms. The molecule has 124 valence electrons. The van der Waals surface area contributed by atoms with Crippen LogP contribution in [0.15, 0.2) is 6.07 Å². The van der Waals surface area contributed by atoms with E-state index in [0.717, 1.165) is 6.07 Å². The van der Waals surface area contributed by atoms with Crippen molar-refractivity contribution in [2.24, 2.45) is 5.73 Å². The smallest absolute Gasteiger partial charge is 0.394 e. The van der Waals surface area contributed by atoms with Crippen LogP contribution in [0.25, 0.3) is 0 Å². The molecule has 2 rings (SSSR count). The molecule has 3 N–H and O–H groups in total. The fourth-order valence-corrected chi connectivity index (χ4v) is 2.25. The lowest BCUT2D eigenvalue weighted by atomic mass is 9.90. The number of rotatable bonds is 3. The van der Waals surface area contributed by atoms with Crippen LogP contribution in [0.2, 0.25) is 0 Å². The van der Waals surface area contributed by atoms with Crippen molar-refractivity contribution in [3.05, 3.63) is 11.8 Å². The summed E-state index contributed by atoms with van der Waals surface area (Å²) < 4.78 is 38.9. The van der Waals surface area contributed by atoms with Gasteiger partial charge in [-0.25, -0.2) is 4.98 Å². The number of piperidine rings is 1. The minimum absolute atomic E-state index is 0.0403. The van der Waals surface area contributed by atoms with Crippen LogP contribution in [-0.4, -0.2) is 54.4 Å². The molecule has 0 aromatic carbocycles. The second-order valence-electron chi connectivity index (χ2n) is 5.81. The summed E-state index contributed by atoms with van der Waals surface area (Å²) in [5.74, 6) is 0.239. The number of hydrogen-bond acceptors (Lipinski definition) is 6. The number of nitrogens with zero attached hydrogens (tertiary/aromatic N) is 4. The van der Waals surface area contributed by atoms with Crippen LogP contribution in [0.4, 0.5) is 24.9 Å². The summed E-state index contributed by atoms with van der Waals surface area (Å²) in [4.78, 5) is 11.0. The van der Waals surface area contributed by atoms with Crippen molar-refractivity contribution in [3.8, 4) is 0 Å². The van der Waals surface area contributed by atoms with E-state index < -0.39 is 17.4 Å². The molecule has 2 heterocycles. The van der Waals surface area contributed by atoms with Gasteiger partial charge in [0.25, 0.3) is 0 Å². The highest BCUT2D eigenvalue weighted by Crippen LogP contribution is 2.32. The van der Waals surface area contributed by atoms with E-state index in [9.17, 15) is 18.3 Å². The van der Waals surface area contributed by atoms with Crippen molar-refractivity contribution >= 4 is 11.8 Å². The average Bonchev–Trinajstić information content (AvgIpc) is 2.46. The lowest BCUT2D eigenvalue weighted by molar-refractivity contribution is -0.141. The van der Waals surface area contributed by atoms with Crippen LogP contribution in [-0.2, 0) is 6.18 Å². The summed E-state index contributed by atoms with van der Waals surface area (Å²) in [5.41, 5.74) is 4.33. The van der Waals surface area contributed by atoms with Gasteiger partial charge in [-0.3, -0.25) is 0 Å². The standard InChI is InChI=1S/C13H20F3N5O/c1-20(2)10-7-9(13(14,15)16)18-11(19-10)21-5-3-12(17,8-22)4-6-21/h7,22H,3-6,8,17H2,1-2H3. The van der Waals surface area contributed by atoms with Gasteiger partial charge in [0, 0.05) is 38.8 Å². The quantitative estimate of drug-likeness (QED) is 0.860. The Morgan fingerprint density at radius 3 is 2.36 bits per heavy atom. The highest BCUT2D eigenvalue weighted by atomic mass is 19.4. The third-order valence-corrected chi connectivity index (χ3v) is 3.81. The maximum atomic E-state index is 13.0. The van der Waals surface area contributed by atoms with Crippen LogP contribution in [0.3, 0.4) is 0 Å². The van der Waals surface area contributed by atoms with Gasteiger partial charge in [-0.2, -0.15) is 18.2 Å². The minimum atomic E-state index is -4.53. The molecule has 0 saturated carbocycles. The van der Waals surface area contributed by atoms with Crippen molar-refractivity contribution in [1.82, 2.24) is 9.97 Å². The molecule has 0 spiro atoms. The van der Waals surface area contributed by atoms with Crippen molar-refractivity contribution in [1.29, 1.82) is 0 Å². The topological polar surface area (TPSA) is 78.5 Å². The van der Waals surface area contributed by atoms with Gasteiger partial charge in [0.05, 0.1) is 6.61 Å². The molecule has 1 aliphatic rings. The lowest BCUT2D eigenvalue weighted by Crippen LogP contribution is -2.53. The van der Waals surface area contributed by atoms with Crippen LogP contribution in [0, 0.1) is 0 Å². The van der Waals surface area contributed by atoms with Crippen molar-refractivity contribution in [2.45, 2.75) is 24.6 Å². The maximum Gasteiger partial charge on any atom is 0.433 e. The van der Waals surface area contributed by atoms with E-state index in [1.807, 2.05) is 0 Å². The second-order valence-corrected chi connectivity index (χ2v) is 5.81. The van der Waals surface area contributed by atoms with Crippen molar-refractivity contribution < 1.29 is 18.3 Å². The molecule has 0 aliphatic carbocycles. The third kappa shape index (κ3) is 3.58. The van der Waals surface area contributed by atoms with E-state index >= 15 is 0 Å². The van der Waals surface area contributed by atoms with E-state index in [1.54, 1.807) is 19.0 Å². The summed E-state index contributed by atoms with van der Waals surface area (Å²) in [5, 5.41) is 9.24. The Kier molecular flexibility index (Phi) is 4.48. The monoisotopic (exact) mass is 319 g/mol. The van der Waals surface area contributed by atoms with E-state index in [4.69, 9.17) is 5.73 Å². The fraction of sp³-hybridized carbons (Fsp3) is 0.692. The number of aliphatic hydroxyl groups is 1. The maximum absolute atomic E-state index is 13.0. The molecule has 1 saturated heterocycles. The first-order valence-electron chi connectivity index (χ1n) is 6.93. The van der Waals surface area contributed by atoms with Gasteiger partial charge in [-0.05, 0) is 12.8 Å². The normalized spacial score (nSPS) is 18.4. The van der Waals surface area contributed by atoms with Crippen LogP contribution in [0.1, 0.15) is 18.5 Å². The molecule has 0 radical (unpaired) electrons. The van der Waals surface area contributed by atoms with E-state index in [-0.39, 0.29) is 18.4 Å². The molecule has 0 bridgehead atoms. The Bertz CT molecular complexity index is 527. The highest BCUT2D eigenvalue weighted by molar-refractivity contribution is 5.46. The largest absolute Gasteiger partial charge is 0.433 e. The fourth-order valence-electron chi connectivity index (χ4n) is 2.25. The molecule has 0 amide bonds. The lowest BCUT2D eigenvalue weighted by Gasteiger charge is -2.38. The number of aliphatic hydroxyl groups excluding tert-OH is 1. The predicted molar refractivity (Wildman–Crippen MR) is 76.8 cm³/mol. The number of anilines is 2. The van der Waals surface area contributed by atoms with Crippen LogP contribution >= 0.6 is 0 Å². The minimum Gasteiger partial charge on any atom is -0.394 e. The van der Waals surface area contributed by atoms with Gasteiger partial charge in [-0.15, -0.1) is 0 Å². The van der Waals surface area contributed by atoms with Gasteiger partial charge in [0.1, 0.15) is 5.82 Å². The Labute approximate surface area is 126 Å². The first-order valence-corrected chi connectivity index (χ1v) is 6.93. The Morgan fingerprint density at radius 1 is 1.32 bits per heavy atom. The molecule has 1 aromatic rings. The van der Waals surface area contributed by atoms with Crippen molar-refractivity contribution in [3.63, 3.8) is 0 Å². The molecular formula is C13H20F3N5O. The molecule has 9 heteroatoms. The Morgan fingerprint density at radius 2 is 1.91 bits per heavy atom. The predicted octanol–water partition coefficient (Wildman–Crippen LogP) is 0.851. The number of hydrogen-bond donors (Lipinski definition) is 2. The molecule has 0 atom stereocenters. The van der Waals surface area contributed by atoms with Crippen molar-refractivity contribution in [2.75, 3.05) is 43.6 Å². The van der Waals surface area contributed by atoms with Gasteiger partial charge in [0.2, 0.25) is 5.95 Å². The van der Waals surface area contributed by atoms with Gasteiger partial charge in [-0.1, -0.05) is 0 Å².